The molecule has 3 nitrogen and oxygen atoms in total. The molecule has 17 heavy (non-hydrogen) atoms. The summed E-state index contributed by atoms with van der Waals surface area (Å²) < 4.78 is 8.24. The van der Waals surface area contributed by atoms with Crippen molar-refractivity contribution in [1.29, 1.82) is 0 Å². The third-order valence-corrected chi connectivity index (χ3v) is 3.53. The average Bonchev–Trinajstić information content (AvgIpc) is 2.56. The maximum atomic E-state index is 5.22. The smallest absolute Gasteiger partial charge is 0.127 e. The number of aryl methyl sites for hydroxylation is 1. The predicted octanol–water partition coefficient (Wildman–Crippen LogP) is 3.09. The summed E-state index contributed by atoms with van der Waals surface area (Å²) >= 11 is 3.50. The first-order valence-electron chi connectivity index (χ1n) is 5.42. The molecule has 0 N–H and O–H groups in total. The third kappa shape index (κ3) is 2.52. The van der Waals surface area contributed by atoms with E-state index in [-0.39, 0.29) is 0 Å². The van der Waals surface area contributed by atoms with E-state index in [4.69, 9.17) is 4.74 Å². The fourth-order valence-electron chi connectivity index (χ4n) is 1.78. The van der Waals surface area contributed by atoms with E-state index in [2.05, 4.69) is 37.6 Å². The van der Waals surface area contributed by atoms with Gasteiger partial charge in [-0.15, -0.1) is 0 Å². The van der Waals surface area contributed by atoms with E-state index in [1.54, 1.807) is 7.11 Å². The fourth-order valence-corrected chi connectivity index (χ4v) is 2.45. The summed E-state index contributed by atoms with van der Waals surface area (Å²) in [5, 5.41) is 0. The number of hydrogen-bond acceptors (Lipinski definition) is 2. The second-order valence-electron chi connectivity index (χ2n) is 3.98. The summed E-state index contributed by atoms with van der Waals surface area (Å²) in [7, 11) is 3.71. The Labute approximate surface area is 110 Å². The zero-order chi connectivity index (χ0) is 12.4. The summed E-state index contributed by atoms with van der Waals surface area (Å²) in [6, 6.07) is 8.10. The Morgan fingerprint density at radius 3 is 2.76 bits per heavy atom. The van der Waals surface area contributed by atoms with Crippen LogP contribution >= 0.6 is 15.9 Å². The Hall–Kier alpha value is -1.29. The zero-order valence-corrected chi connectivity index (χ0v) is 11.8. The van der Waals surface area contributed by atoms with Crippen molar-refractivity contribution in [3.63, 3.8) is 0 Å². The molecule has 2 aromatic rings. The molecule has 0 saturated heterocycles. The molecular weight excluding hydrogens is 280 g/mol. The van der Waals surface area contributed by atoms with Crippen LogP contribution in [-0.4, -0.2) is 16.7 Å². The van der Waals surface area contributed by atoms with Crippen LogP contribution in [0.4, 0.5) is 0 Å². The monoisotopic (exact) mass is 294 g/mol. The van der Waals surface area contributed by atoms with Crippen LogP contribution in [0.25, 0.3) is 0 Å². The second-order valence-corrected chi connectivity index (χ2v) is 4.73. The quantitative estimate of drug-likeness (QED) is 0.870. The second kappa shape index (κ2) is 4.92. The van der Waals surface area contributed by atoms with Crippen LogP contribution in [0.3, 0.4) is 0 Å². The number of methoxy groups -OCH3 is 1. The molecule has 0 bridgehead atoms. The molecule has 0 spiro atoms. The van der Waals surface area contributed by atoms with Crippen LogP contribution in [0.1, 0.15) is 17.1 Å². The van der Waals surface area contributed by atoms with E-state index in [0.29, 0.717) is 0 Å². The first-order valence-corrected chi connectivity index (χ1v) is 6.21. The van der Waals surface area contributed by atoms with Crippen LogP contribution in [0.2, 0.25) is 0 Å². The number of imidazole rings is 1. The van der Waals surface area contributed by atoms with Crippen LogP contribution < -0.4 is 4.74 Å². The molecule has 90 valence electrons. The Kier molecular flexibility index (Phi) is 3.52. The van der Waals surface area contributed by atoms with Crippen LogP contribution in [0.5, 0.6) is 5.75 Å². The lowest BCUT2D eigenvalue weighted by molar-refractivity contribution is 0.414. The van der Waals surface area contributed by atoms with E-state index >= 15 is 0 Å². The van der Waals surface area contributed by atoms with Gasteiger partial charge in [-0.25, -0.2) is 4.98 Å². The number of halogens is 1. The highest BCUT2D eigenvalue weighted by Crippen LogP contribution is 2.22. The highest BCUT2D eigenvalue weighted by atomic mass is 79.9. The summed E-state index contributed by atoms with van der Waals surface area (Å²) in [4.78, 5) is 4.40. The lowest BCUT2D eigenvalue weighted by atomic mass is 10.1. The van der Waals surface area contributed by atoms with Crippen molar-refractivity contribution in [3.05, 3.63) is 46.0 Å². The molecule has 0 atom stereocenters. The molecule has 0 aliphatic heterocycles. The maximum Gasteiger partial charge on any atom is 0.127 e. The number of ether oxygens (including phenoxy) is 1. The van der Waals surface area contributed by atoms with Crippen molar-refractivity contribution in [2.24, 2.45) is 7.05 Å². The Morgan fingerprint density at radius 2 is 2.18 bits per heavy atom. The summed E-state index contributed by atoms with van der Waals surface area (Å²) in [5.41, 5.74) is 2.39. The molecule has 0 radical (unpaired) electrons. The fraction of sp³-hybridized carbons (Fsp3) is 0.308. The van der Waals surface area contributed by atoms with Gasteiger partial charge in [0.1, 0.15) is 16.2 Å². The van der Waals surface area contributed by atoms with Gasteiger partial charge >= 0.3 is 0 Å². The molecule has 0 unspecified atom stereocenters. The Balaban J connectivity index is 2.31. The van der Waals surface area contributed by atoms with Gasteiger partial charge in [0.15, 0.2) is 0 Å². The van der Waals surface area contributed by atoms with E-state index in [9.17, 15) is 0 Å². The van der Waals surface area contributed by atoms with E-state index in [1.807, 2.05) is 26.1 Å². The van der Waals surface area contributed by atoms with Gasteiger partial charge < -0.3 is 9.30 Å². The maximum absolute atomic E-state index is 5.22. The van der Waals surface area contributed by atoms with Gasteiger partial charge in [0.2, 0.25) is 0 Å². The van der Waals surface area contributed by atoms with Gasteiger partial charge in [0.05, 0.1) is 12.8 Å². The molecule has 0 saturated carbocycles. The molecule has 0 aliphatic carbocycles. The molecule has 1 aromatic carbocycles. The number of benzene rings is 1. The van der Waals surface area contributed by atoms with Crippen molar-refractivity contribution in [2.45, 2.75) is 13.3 Å². The Morgan fingerprint density at radius 1 is 1.41 bits per heavy atom. The largest absolute Gasteiger partial charge is 0.497 e. The molecule has 1 heterocycles. The van der Waals surface area contributed by atoms with Crippen molar-refractivity contribution in [3.8, 4) is 5.75 Å². The molecule has 2 rings (SSSR count). The van der Waals surface area contributed by atoms with Gasteiger partial charge in [0, 0.05) is 13.5 Å². The number of hydrogen-bond donors (Lipinski definition) is 0. The van der Waals surface area contributed by atoms with Crippen molar-refractivity contribution in [1.82, 2.24) is 9.55 Å². The van der Waals surface area contributed by atoms with Crippen molar-refractivity contribution >= 4 is 15.9 Å². The molecule has 0 aliphatic rings. The van der Waals surface area contributed by atoms with E-state index < -0.39 is 0 Å². The normalized spacial score (nSPS) is 10.6. The zero-order valence-electron chi connectivity index (χ0n) is 10.2. The lowest BCUT2D eigenvalue weighted by Crippen LogP contribution is -2.00. The molecular formula is C13H15BrN2O. The van der Waals surface area contributed by atoms with Crippen LogP contribution in [-0.2, 0) is 13.5 Å². The first kappa shape index (κ1) is 12.2. The van der Waals surface area contributed by atoms with Crippen LogP contribution in [0.15, 0.2) is 28.9 Å². The number of aromatic nitrogens is 2. The molecule has 1 aromatic heterocycles. The minimum atomic E-state index is 0.842. The molecule has 0 amide bonds. The van der Waals surface area contributed by atoms with Gasteiger partial charge in [-0.2, -0.15) is 0 Å². The standard InChI is InChI=1S/C13H15BrN2O/c1-9-15-13(14)12(16(9)2)8-10-5-4-6-11(7-10)17-3/h4-7H,8H2,1-3H3. The highest BCUT2D eigenvalue weighted by Gasteiger charge is 2.10. The van der Waals surface area contributed by atoms with Crippen molar-refractivity contribution < 1.29 is 4.74 Å². The van der Waals surface area contributed by atoms with E-state index in [1.165, 1.54) is 11.3 Å². The SMILES string of the molecule is COc1cccc(Cc2c(Br)nc(C)n2C)c1. The molecule has 4 heteroatoms. The average molecular weight is 295 g/mol. The first-order chi connectivity index (χ1) is 8.11. The highest BCUT2D eigenvalue weighted by molar-refractivity contribution is 9.10. The topological polar surface area (TPSA) is 27.1 Å². The predicted molar refractivity (Wildman–Crippen MR) is 71.4 cm³/mol. The van der Waals surface area contributed by atoms with Gasteiger partial charge in [-0.05, 0) is 40.5 Å². The minimum Gasteiger partial charge on any atom is -0.497 e. The third-order valence-electron chi connectivity index (χ3n) is 2.89. The summed E-state index contributed by atoms with van der Waals surface area (Å²) in [5.74, 6) is 1.90. The minimum absolute atomic E-state index is 0.842. The van der Waals surface area contributed by atoms with Gasteiger partial charge in [-0.3, -0.25) is 0 Å². The van der Waals surface area contributed by atoms with E-state index in [0.717, 1.165) is 22.6 Å². The van der Waals surface area contributed by atoms with Gasteiger partial charge in [-0.1, -0.05) is 12.1 Å². The number of rotatable bonds is 3. The summed E-state index contributed by atoms with van der Waals surface area (Å²) in [6.07, 6.45) is 0.842. The van der Waals surface area contributed by atoms with Crippen molar-refractivity contribution in [2.75, 3.05) is 7.11 Å². The lowest BCUT2D eigenvalue weighted by Gasteiger charge is -2.06. The van der Waals surface area contributed by atoms with Gasteiger partial charge in [0.25, 0.3) is 0 Å². The Bertz CT molecular complexity index is 534. The molecule has 0 fully saturated rings. The van der Waals surface area contributed by atoms with Crippen LogP contribution in [0, 0.1) is 6.92 Å². The summed E-state index contributed by atoms with van der Waals surface area (Å²) in [6.45, 7) is 2.00. The number of nitrogens with zero attached hydrogens (tertiary/aromatic N) is 2.